The number of likely N-dealkylation sites (N-methyl/N-ethyl adjacent to an activating group) is 1. The summed E-state index contributed by atoms with van der Waals surface area (Å²) in [6, 6.07) is 18.7. The second-order valence-corrected chi connectivity index (χ2v) is 4.41. The molecule has 0 atom stereocenters. The molecule has 20 heavy (non-hydrogen) atoms. The molecule has 1 aliphatic rings. The zero-order valence-electron chi connectivity index (χ0n) is 11.0. The molecule has 2 aromatic rings. The first-order valence-corrected chi connectivity index (χ1v) is 6.15. The Labute approximate surface area is 131 Å². The van der Waals surface area contributed by atoms with E-state index >= 15 is 0 Å². The van der Waals surface area contributed by atoms with Crippen LogP contribution in [-0.4, -0.2) is 25.2 Å². The van der Waals surface area contributed by atoms with E-state index in [1.807, 2.05) is 48.5 Å². The Morgan fingerprint density at radius 2 is 1.90 bits per heavy atom. The third-order valence-corrected chi connectivity index (χ3v) is 3.23. The largest absolute Gasteiger partial charge is 0.322 e. The molecule has 3 rings (SSSR count). The van der Waals surface area contributed by atoms with Crippen LogP contribution in [0.5, 0.6) is 0 Å². The Hall–Kier alpha value is -1.77. The number of nitrogens with zero attached hydrogens (tertiary/aromatic N) is 2. The number of amides is 1. The monoisotopic (exact) mass is 442 g/mol. The molecule has 103 valence electrons. The molecule has 0 aliphatic carbocycles. The third kappa shape index (κ3) is 2.58. The molecule has 1 amide bonds. The van der Waals surface area contributed by atoms with Crippen molar-refractivity contribution in [3.63, 3.8) is 0 Å². The smallest absolute Gasteiger partial charge is 0.247 e. The molecule has 1 aliphatic heterocycles. The molecular weight excluding hydrogens is 428 g/mol. The number of benzene rings is 2. The number of hydrogen-bond acceptors (Lipinski definition) is 2. The number of para-hydroxylation sites is 1. The predicted molar refractivity (Wildman–Crippen MR) is 75.6 cm³/mol. The van der Waals surface area contributed by atoms with Gasteiger partial charge < -0.3 is 9.89 Å². The van der Waals surface area contributed by atoms with Gasteiger partial charge in [-0.15, -0.1) is 35.9 Å². The predicted octanol–water partition coefficient (Wildman–Crippen LogP) is 2.30. The van der Waals surface area contributed by atoms with E-state index in [-0.39, 0.29) is 32.6 Å². The molecule has 2 aromatic carbocycles. The van der Waals surface area contributed by atoms with Crippen LogP contribution >= 0.6 is 0 Å². The van der Waals surface area contributed by atoms with Crippen LogP contribution in [0, 0.1) is 6.07 Å². The SMILES string of the molecule is CN1C(=O)CN=C(c2[c-]cccc2)c2ccccc21.[Ir]. The summed E-state index contributed by atoms with van der Waals surface area (Å²) in [5, 5.41) is 0. The maximum Gasteiger partial charge on any atom is 0.247 e. The van der Waals surface area contributed by atoms with Crippen molar-refractivity contribution in [3.8, 4) is 0 Å². The molecule has 0 unspecified atom stereocenters. The van der Waals surface area contributed by atoms with Crippen LogP contribution in [-0.2, 0) is 24.9 Å². The number of benzodiazepines with no additional fused rings is 1. The van der Waals surface area contributed by atoms with E-state index in [0.29, 0.717) is 0 Å². The minimum Gasteiger partial charge on any atom is -0.322 e. The summed E-state index contributed by atoms with van der Waals surface area (Å²) < 4.78 is 0. The summed E-state index contributed by atoms with van der Waals surface area (Å²) in [4.78, 5) is 18.1. The second kappa shape index (κ2) is 6.12. The van der Waals surface area contributed by atoms with Gasteiger partial charge in [0.2, 0.25) is 5.91 Å². The van der Waals surface area contributed by atoms with Gasteiger partial charge in [-0.25, -0.2) is 0 Å². The molecule has 4 heteroatoms. The molecular formula is C16H13IrN2O-. The van der Waals surface area contributed by atoms with Crippen molar-refractivity contribution in [2.24, 2.45) is 4.99 Å². The van der Waals surface area contributed by atoms with Gasteiger partial charge in [-0.3, -0.25) is 4.79 Å². The molecule has 0 bridgehead atoms. The zero-order valence-corrected chi connectivity index (χ0v) is 13.4. The summed E-state index contributed by atoms with van der Waals surface area (Å²) in [6.07, 6.45) is 0. The minimum atomic E-state index is -0.00150. The standard InChI is InChI=1S/C16H13N2O.Ir/c1-18-14-10-6-5-9-13(14)16(17-11-15(18)19)12-7-3-2-4-8-12;/h2-7,9-10H,11H2,1H3;/q-1;. The zero-order chi connectivity index (χ0) is 13.2. The Balaban J connectivity index is 0.00000147. The maximum absolute atomic E-state index is 12.0. The first kappa shape index (κ1) is 14.6. The van der Waals surface area contributed by atoms with E-state index in [1.54, 1.807) is 11.9 Å². The van der Waals surface area contributed by atoms with Crippen molar-refractivity contribution >= 4 is 17.3 Å². The van der Waals surface area contributed by atoms with Gasteiger partial charge in [0.1, 0.15) is 6.54 Å². The van der Waals surface area contributed by atoms with Crippen LogP contribution in [0.2, 0.25) is 0 Å². The van der Waals surface area contributed by atoms with E-state index in [2.05, 4.69) is 11.1 Å². The molecule has 0 N–H and O–H groups in total. The van der Waals surface area contributed by atoms with Gasteiger partial charge in [-0.1, -0.05) is 18.2 Å². The van der Waals surface area contributed by atoms with Crippen LogP contribution in [0.3, 0.4) is 0 Å². The minimum absolute atomic E-state index is 0. The van der Waals surface area contributed by atoms with Gasteiger partial charge in [-0.05, 0) is 17.3 Å². The van der Waals surface area contributed by atoms with E-state index in [9.17, 15) is 4.79 Å². The summed E-state index contributed by atoms with van der Waals surface area (Å²) in [7, 11) is 1.79. The van der Waals surface area contributed by atoms with Crippen molar-refractivity contribution in [1.29, 1.82) is 0 Å². The van der Waals surface area contributed by atoms with Gasteiger partial charge in [0.25, 0.3) is 0 Å². The average molecular weight is 442 g/mol. The van der Waals surface area contributed by atoms with E-state index in [1.165, 1.54) is 0 Å². The van der Waals surface area contributed by atoms with Crippen LogP contribution in [0.4, 0.5) is 5.69 Å². The molecule has 1 heterocycles. The summed E-state index contributed by atoms with van der Waals surface area (Å²) in [5.41, 5.74) is 3.60. The van der Waals surface area contributed by atoms with Gasteiger partial charge in [0, 0.05) is 32.8 Å². The fourth-order valence-corrected chi connectivity index (χ4v) is 2.21. The van der Waals surface area contributed by atoms with Crippen molar-refractivity contribution < 1.29 is 24.9 Å². The fourth-order valence-electron chi connectivity index (χ4n) is 2.21. The summed E-state index contributed by atoms with van der Waals surface area (Å²) >= 11 is 0. The number of carbonyl (C=O) groups excluding carboxylic acids is 1. The van der Waals surface area contributed by atoms with Crippen molar-refractivity contribution in [2.45, 2.75) is 0 Å². The molecule has 1 radical (unpaired) electrons. The summed E-state index contributed by atoms with van der Waals surface area (Å²) in [5.74, 6) is -0.00150. The Morgan fingerprint density at radius 1 is 1.15 bits per heavy atom. The van der Waals surface area contributed by atoms with Crippen molar-refractivity contribution in [2.75, 3.05) is 18.5 Å². The second-order valence-electron chi connectivity index (χ2n) is 4.41. The van der Waals surface area contributed by atoms with Gasteiger partial charge >= 0.3 is 0 Å². The first-order valence-electron chi connectivity index (χ1n) is 6.15. The Morgan fingerprint density at radius 3 is 2.65 bits per heavy atom. The normalized spacial score (nSPS) is 13.9. The Kier molecular flexibility index (Phi) is 4.48. The Bertz CT molecular complexity index is 653. The number of hydrogen-bond donors (Lipinski definition) is 0. The molecule has 0 aromatic heterocycles. The van der Waals surface area contributed by atoms with Gasteiger partial charge in [0.15, 0.2) is 0 Å². The third-order valence-electron chi connectivity index (χ3n) is 3.23. The number of carbonyl (C=O) groups is 1. The van der Waals surface area contributed by atoms with Crippen LogP contribution in [0.1, 0.15) is 11.1 Å². The molecule has 3 nitrogen and oxygen atoms in total. The van der Waals surface area contributed by atoms with E-state index in [4.69, 9.17) is 0 Å². The molecule has 0 fully saturated rings. The van der Waals surface area contributed by atoms with Crippen LogP contribution in [0.25, 0.3) is 0 Å². The van der Waals surface area contributed by atoms with Gasteiger partial charge in [0.05, 0.1) is 0 Å². The number of aliphatic imine (C=N–C) groups is 1. The van der Waals surface area contributed by atoms with Crippen molar-refractivity contribution in [3.05, 3.63) is 65.7 Å². The topological polar surface area (TPSA) is 32.7 Å². The molecule has 0 saturated heterocycles. The quantitative estimate of drug-likeness (QED) is 0.626. The maximum atomic E-state index is 12.0. The van der Waals surface area contributed by atoms with Crippen LogP contribution < -0.4 is 4.90 Å². The van der Waals surface area contributed by atoms with Crippen LogP contribution in [0.15, 0.2) is 53.5 Å². The summed E-state index contributed by atoms with van der Waals surface area (Å²) in [6.45, 7) is 0.170. The average Bonchev–Trinajstić information content (AvgIpc) is 2.59. The molecule has 0 spiro atoms. The van der Waals surface area contributed by atoms with Gasteiger partial charge in [-0.2, -0.15) is 0 Å². The number of rotatable bonds is 1. The van der Waals surface area contributed by atoms with E-state index < -0.39 is 0 Å². The number of anilines is 1. The first-order chi connectivity index (χ1) is 9.27. The van der Waals surface area contributed by atoms with E-state index in [0.717, 1.165) is 22.5 Å². The molecule has 0 saturated carbocycles. The number of fused-ring (bicyclic) bond motifs is 1. The fraction of sp³-hybridized carbons (Fsp3) is 0.125. The van der Waals surface area contributed by atoms with Crippen molar-refractivity contribution in [1.82, 2.24) is 0 Å².